The molecule has 2 aromatic rings. The van der Waals surface area contributed by atoms with Crippen LogP contribution in [-0.4, -0.2) is 6.54 Å². The lowest BCUT2D eigenvalue weighted by Gasteiger charge is -2.09. The maximum atomic E-state index is 5.90. The summed E-state index contributed by atoms with van der Waals surface area (Å²) in [4.78, 5) is 0. The molecule has 0 unspecified atom stereocenters. The van der Waals surface area contributed by atoms with Crippen molar-refractivity contribution < 1.29 is 4.74 Å². The van der Waals surface area contributed by atoms with Crippen molar-refractivity contribution in [2.75, 3.05) is 6.54 Å². The van der Waals surface area contributed by atoms with E-state index in [2.05, 4.69) is 40.3 Å². The van der Waals surface area contributed by atoms with Crippen LogP contribution in [0.2, 0.25) is 5.02 Å². The molecular formula is C15H15BrClNO. The number of hydrogen-bond donors (Lipinski definition) is 1. The molecular weight excluding hydrogens is 326 g/mol. The molecule has 2 aromatic carbocycles. The fourth-order valence-electron chi connectivity index (χ4n) is 1.63. The minimum atomic E-state index is 0.681. The van der Waals surface area contributed by atoms with Crippen LogP contribution in [0, 0.1) is 0 Å². The Morgan fingerprint density at radius 2 is 1.89 bits per heavy atom. The van der Waals surface area contributed by atoms with E-state index in [1.54, 1.807) is 6.07 Å². The quantitative estimate of drug-likeness (QED) is 0.826. The largest absolute Gasteiger partial charge is 0.456 e. The molecule has 19 heavy (non-hydrogen) atoms. The number of halogens is 2. The first-order valence-electron chi connectivity index (χ1n) is 6.11. The number of nitrogens with one attached hydrogen (secondary N) is 1. The highest BCUT2D eigenvalue weighted by molar-refractivity contribution is 9.10. The van der Waals surface area contributed by atoms with E-state index in [1.165, 1.54) is 5.56 Å². The first-order valence-corrected chi connectivity index (χ1v) is 7.28. The van der Waals surface area contributed by atoms with Crippen molar-refractivity contribution in [3.63, 3.8) is 0 Å². The molecule has 2 rings (SSSR count). The van der Waals surface area contributed by atoms with Crippen molar-refractivity contribution in [2.24, 2.45) is 0 Å². The van der Waals surface area contributed by atoms with Crippen LogP contribution < -0.4 is 10.1 Å². The maximum absolute atomic E-state index is 5.90. The SMILES string of the molecule is CCNCc1ccc(Oc2ccc(Cl)cc2Br)cc1. The summed E-state index contributed by atoms with van der Waals surface area (Å²) in [6.45, 7) is 3.94. The number of rotatable bonds is 5. The molecule has 0 aliphatic carbocycles. The first kappa shape index (κ1) is 14.4. The highest BCUT2D eigenvalue weighted by Gasteiger charge is 2.03. The molecule has 0 radical (unpaired) electrons. The minimum absolute atomic E-state index is 0.681. The lowest BCUT2D eigenvalue weighted by Crippen LogP contribution is -2.11. The number of hydrogen-bond acceptors (Lipinski definition) is 2. The van der Waals surface area contributed by atoms with E-state index in [0.29, 0.717) is 5.02 Å². The topological polar surface area (TPSA) is 21.3 Å². The molecule has 0 saturated carbocycles. The Morgan fingerprint density at radius 1 is 1.16 bits per heavy atom. The van der Waals surface area contributed by atoms with Crippen molar-refractivity contribution in [1.82, 2.24) is 5.32 Å². The fourth-order valence-corrected chi connectivity index (χ4v) is 2.39. The average molecular weight is 341 g/mol. The summed E-state index contributed by atoms with van der Waals surface area (Å²) >= 11 is 9.33. The molecule has 0 spiro atoms. The molecule has 1 N–H and O–H groups in total. The molecule has 0 saturated heterocycles. The molecule has 100 valence electrons. The van der Waals surface area contributed by atoms with Gasteiger partial charge in [-0.2, -0.15) is 0 Å². The van der Waals surface area contributed by atoms with Gasteiger partial charge in [0.05, 0.1) is 4.47 Å². The third-order valence-corrected chi connectivity index (χ3v) is 3.48. The summed E-state index contributed by atoms with van der Waals surface area (Å²) in [6, 6.07) is 13.5. The van der Waals surface area contributed by atoms with Gasteiger partial charge >= 0.3 is 0 Å². The van der Waals surface area contributed by atoms with E-state index in [9.17, 15) is 0 Å². The van der Waals surface area contributed by atoms with Gasteiger partial charge in [0.15, 0.2) is 0 Å². The predicted molar refractivity (Wildman–Crippen MR) is 83.0 cm³/mol. The van der Waals surface area contributed by atoms with Gasteiger partial charge in [0.2, 0.25) is 0 Å². The second kappa shape index (κ2) is 6.94. The van der Waals surface area contributed by atoms with Crippen LogP contribution in [-0.2, 0) is 6.54 Å². The monoisotopic (exact) mass is 339 g/mol. The van der Waals surface area contributed by atoms with Gasteiger partial charge in [0.25, 0.3) is 0 Å². The summed E-state index contributed by atoms with van der Waals surface area (Å²) in [5.41, 5.74) is 1.24. The summed E-state index contributed by atoms with van der Waals surface area (Å²) in [7, 11) is 0. The summed E-state index contributed by atoms with van der Waals surface area (Å²) < 4.78 is 6.64. The number of benzene rings is 2. The zero-order valence-corrected chi connectivity index (χ0v) is 13.0. The highest BCUT2D eigenvalue weighted by Crippen LogP contribution is 2.31. The van der Waals surface area contributed by atoms with Crippen molar-refractivity contribution in [3.05, 3.63) is 57.5 Å². The molecule has 0 fully saturated rings. The van der Waals surface area contributed by atoms with E-state index in [4.69, 9.17) is 16.3 Å². The van der Waals surface area contributed by atoms with Crippen molar-refractivity contribution in [1.29, 1.82) is 0 Å². The molecule has 0 heterocycles. The van der Waals surface area contributed by atoms with Crippen LogP contribution in [0.3, 0.4) is 0 Å². The van der Waals surface area contributed by atoms with E-state index in [-0.39, 0.29) is 0 Å². The summed E-state index contributed by atoms with van der Waals surface area (Å²) in [5.74, 6) is 1.56. The second-order valence-corrected chi connectivity index (χ2v) is 5.39. The first-order chi connectivity index (χ1) is 9.19. The van der Waals surface area contributed by atoms with Crippen LogP contribution >= 0.6 is 27.5 Å². The second-order valence-electron chi connectivity index (χ2n) is 4.10. The lowest BCUT2D eigenvalue weighted by atomic mass is 10.2. The van der Waals surface area contributed by atoms with E-state index in [1.807, 2.05) is 24.3 Å². The van der Waals surface area contributed by atoms with Gasteiger partial charge in [-0.1, -0.05) is 30.7 Å². The van der Waals surface area contributed by atoms with Crippen molar-refractivity contribution in [2.45, 2.75) is 13.5 Å². The molecule has 0 aliphatic rings. The standard InChI is InChI=1S/C15H15BrClNO/c1-2-18-10-11-3-6-13(7-4-11)19-15-8-5-12(17)9-14(15)16/h3-9,18H,2,10H2,1H3. The van der Waals surface area contributed by atoms with Crippen LogP contribution in [0.5, 0.6) is 11.5 Å². The van der Waals surface area contributed by atoms with Gasteiger partial charge in [-0.25, -0.2) is 0 Å². The molecule has 0 aliphatic heterocycles. The lowest BCUT2D eigenvalue weighted by molar-refractivity contribution is 0.479. The Bertz CT molecular complexity index is 542. The molecule has 0 bridgehead atoms. The predicted octanol–water partition coefficient (Wildman–Crippen LogP) is 5.00. The molecule has 0 aromatic heterocycles. The Hall–Kier alpha value is -1.03. The summed E-state index contributed by atoms with van der Waals surface area (Å²) in [5, 5.41) is 3.97. The van der Waals surface area contributed by atoms with Gasteiger partial charge in [-0.3, -0.25) is 0 Å². The highest BCUT2D eigenvalue weighted by atomic mass is 79.9. The van der Waals surface area contributed by atoms with Gasteiger partial charge in [0.1, 0.15) is 11.5 Å². The van der Waals surface area contributed by atoms with Gasteiger partial charge in [-0.05, 0) is 58.4 Å². The fraction of sp³-hybridized carbons (Fsp3) is 0.200. The van der Waals surface area contributed by atoms with Gasteiger partial charge < -0.3 is 10.1 Å². The van der Waals surface area contributed by atoms with E-state index >= 15 is 0 Å². The molecule has 0 amide bonds. The zero-order chi connectivity index (χ0) is 13.7. The zero-order valence-electron chi connectivity index (χ0n) is 10.6. The van der Waals surface area contributed by atoms with Crippen molar-refractivity contribution in [3.8, 4) is 11.5 Å². The van der Waals surface area contributed by atoms with Crippen LogP contribution in [0.25, 0.3) is 0 Å². The smallest absolute Gasteiger partial charge is 0.141 e. The van der Waals surface area contributed by atoms with E-state index < -0.39 is 0 Å². The Morgan fingerprint density at radius 3 is 2.53 bits per heavy atom. The minimum Gasteiger partial charge on any atom is -0.456 e. The van der Waals surface area contributed by atoms with Crippen LogP contribution in [0.15, 0.2) is 46.9 Å². The Balaban J connectivity index is 2.06. The molecule has 2 nitrogen and oxygen atoms in total. The Kier molecular flexibility index (Phi) is 5.25. The molecule has 4 heteroatoms. The maximum Gasteiger partial charge on any atom is 0.141 e. The van der Waals surface area contributed by atoms with Gasteiger partial charge in [-0.15, -0.1) is 0 Å². The number of ether oxygens (including phenoxy) is 1. The van der Waals surface area contributed by atoms with Gasteiger partial charge in [0, 0.05) is 11.6 Å². The van der Waals surface area contributed by atoms with Crippen molar-refractivity contribution >= 4 is 27.5 Å². The van der Waals surface area contributed by atoms with E-state index in [0.717, 1.165) is 29.1 Å². The molecule has 0 atom stereocenters. The average Bonchev–Trinajstić information content (AvgIpc) is 2.41. The van der Waals surface area contributed by atoms with Crippen LogP contribution in [0.4, 0.5) is 0 Å². The summed E-state index contributed by atoms with van der Waals surface area (Å²) in [6.07, 6.45) is 0. The third-order valence-electron chi connectivity index (χ3n) is 2.62. The third kappa shape index (κ3) is 4.23. The normalized spacial score (nSPS) is 10.5. The van der Waals surface area contributed by atoms with Crippen LogP contribution in [0.1, 0.15) is 12.5 Å². The Labute approximate surface area is 126 Å².